The minimum absolute atomic E-state index is 0.156. The maximum absolute atomic E-state index is 6.28. The second-order valence-corrected chi connectivity index (χ2v) is 5.46. The number of aromatic nitrogens is 3. The quantitative estimate of drug-likeness (QED) is 0.907. The van der Waals surface area contributed by atoms with Gasteiger partial charge in [0.1, 0.15) is 5.01 Å². The SMILES string of the molecule is CCc1nn(C)cc1C(N)c1nc(C)c(C)s1. The first-order valence-corrected chi connectivity index (χ1v) is 6.56. The molecular weight excluding hydrogens is 232 g/mol. The third-order valence-electron chi connectivity index (χ3n) is 2.92. The molecule has 5 heteroatoms. The third kappa shape index (κ3) is 2.25. The molecule has 0 aromatic carbocycles. The van der Waals surface area contributed by atoms with Gasteiger partial charge in [0.25, 0.3) is 0 Å². The van der Waals surface area contributed by atoms with E-state index in [1.165, 1.54) is 4.88 Å². The Labute approximate surface area is 105 Å². The Morgan fingerprint density at radius 1 is 1.47 bits per heavy atom. The first kappa shape index (κ1) is 12.3. The molecule has 17 heavy (non-hydrogen) atoms. The van der Waals surface area contributed by atoms with Gasteiger partial charge in [-0.1, -0.05) is 6.92 Å². The van der Waals surface area contributed by atoms with E-state index in [1.807, 2.05) is 24.9 Å². The monoisotopic (exact) mass is 250 g/mol. The zero-order valence-corrected chi connectivity index (χ0v) is 11.5. The molecule has 0 amide bonds. The maximum atomic E-state index is 6.28. The molecule has 0 radical (unpaired) electrons. The summed E-state index contributed by atoms with van der Waals surface area (Å²) in [5.74, 6) is 0. The van der Waals surface area contributed by atoms with Gasteiger partial charge in [0.2, 0.25) is 0 Å². The Morgan fingerprint density at radius 3 is 2.71 bits per heavy atom. The van der Waals surface area contributed by atoms with Crippen LogP contribution in [0.1, 0.15) is 39.8 Å². The fourth-order valence-electron chi connectivity index (χ4n) is 1.85. The zero-order valence-electron chi connectivity index (χ0n) is 10.7. The van der Waals surface area contributed by atoms with E-state index in [9.17, 15) is 0 Å². The first-order valence-electron chi connectivity index (χ1n) is 5.74. The van der Waals surface area contributed by atoms with Crippen LogP contribution < -0.4 is 5.73 Å². The van der Waals surface area contributed by atoms with E-state index in [0.717, 1.165) is 28.4 Å². The summed E-state index contributed by atoms with van der Waals surface area (Å²) in [5, 5.41) is 5.39. The van der Waals surface area contributed by atoms with Gasteiger partial charge >= 0.3 is 0 Å². The predicted octanol–water partition coefficient (Wildman–Crippen LogP) is 2.10. The summed E-state index contributed by atoms with van der Waals surface area (Å²) in [6, 6.07) is -0.156. The van der Waals surface area contributed by atoms with Gasteiger partial charge in [0.05, 0.1) is 17.4 Å². The van der Waals surface area contributed by atoms with Crippen molar-refractivity contribution in [3.05, 3.63) is 33.0 Å². The molecule has 2 heterocycles. The van der Waals surface area contributed by atoms with Crippen molar-refractivity contribution in [1.82, 2.24) is 14.8 Å². The summed E-state index contributed by atoms with van der Waals surface area (Å²) in [6.07, 6.45) is 2.89. The molecular formula is C12H18N4S. The van der Waals surface area contributed by atoms with E-state index in [0.29, 0.717) is 0 Å². The number of hydrogen-bond acceptors (Lipinski definition) is 4. The van der Waals surface area contributed by atoms with Crippen molar-refractivity contribution in [2.75, 3.05) is 0 Å². The van der Waals surface area contributed by atoms with Crippen molar-refractivity contribution in [2.45, 2.75) is 33.2 Å². The predicted molar refractivity (Wildman–Crippen MR) is 70.2 cm³/mol. The van der Waals surface area contributed by atoms with Gasteiger partial charge < -0.3 is 5.73 Å². The lowest BCUT2D eigenvalue weighted by atomic mass is 10.1. The number of hydrogen-bond donors (Lipinski definition) is 1. The summed E-state index contributed by atoms with van der Waals surface area (Å²) in [6.45, 7) is 6.19. The average molecular weight is 250 g/mol. The molecule has 2 rings (SSSR count). The fraction of sp³-hybridized carbons (Fsp3) is 0.500. The number of thiazole rings is 1. The van der Waals surface area contributed by atoms with Crippen LogP contribution in [0.5, 0.6) is 0 Å². The Bertz CT molecular complexity index is 507. The first-order chi connectivity index (χ1) is 8.02. The lowest BCUT2D eigenvalue weighted by molar-refractivity contribution is 0.746. The topological polar surface area (TPSA) is 56.7 Å². The minimum Gasteiger partial charge on any atom is -0.318 e. The van der Waals surface area contributed by atoms with Crippen LogP contribution in [0.2, 0.25) is 0 Å². The number of nitrogens with zero attached hydrogens (tertiary/aromatic N) is 3. The van der Waals surface area contributed by atoms with Crippen molar-refractivity contribution in [1.29, 1.82) is 0 Å². The molecule has 1 atom stereocenters. The van der Waals surface area contributed by atoms with Gasteiger partial charge in [0.15, 0.2) is 0 Å². The lowest BCUT2D eigenvalue weighted by Gasteiger charge is -2.07. The van der Waals surface area contributed by atoms with Gasteiger partial charge in [-0.2, -0.15) is 5.10 Å². The molecule has 1 unspecified atom stereocenters. The highest BCUT2D eigenvalue weighted by Crippen LogP contribution is 2.27. The van der Waals surface area contributed by atoms with Crippen molar-refractivity contribution < 1.29 is 0 Å². The smallest absolute Gasteiger partial charge is 0.115 e. The summed E-state index contributed by atoms with van der Waals surface area (Å²) in [4.78, 5) is 5.76. The zero-order chi connectivity index (χ0) is 12.6. The van der Waals surface area contributed by atoms with Crippen LogP contribution in [0.25, 0.3) is 0 Å². The molecule has 4 nitrogen and oxygen atoms in total. The number of nitrogens with two attached hydrogens (primary N) is 1. The van der Waals surface area contributed by atoms with Crippen molar-refractivity contribution in [2.24, 2.45) is 12.8 Å². The molecule has 2 N–H and O–H groups in total. The van der Waals surface area contributed by atoms with Crippen molar-refractivity contribution >= 4 is 11.3 Å². The van der Waals surface area contributed by atoms with Crippen LogP contribution >= 0.6 is 11.3 Å². The van der Waals surface area contributed by atoms with Gasteiger partial charge in [-0.15, -0.1) is 11.3 Å². The molecule has 0 spiro atoms. The largest absolute Gasteiger partial charge is 0.318 e. The van der Waals surface area contributed by atoms with E-state index >= 15 is 0 Å². The third-order valence-corrected chi connectivity index (χ3v) is 4.07. The minimum atomic E-state index is -0.156. The molecule has 0 saturated heterocycles. The molecule has 0 aliphatic carbocycles. The van der Waals surface area contributed by atoms with Gasteiger partial charge in [-0.25, -0.2) is 4.98 Å². The van der Waals surface area contributed by atoms with Gasteiger partial charge in [-0.05, 0) is 20.3 Å². The molecule has 0 fully saturated rings. The summed E-state index contributed by atoms with van der Waals surface area (Å²) < 4.78 is 1.82. The molecule has 2 aromatic rings. The van der Waals surface area contributed by atoms with Crippen LogP contribution in [0.3, 0.4) is 0 Å². The Morgan fingerprint density at radius 2 is 2.18 bits per heavy atom. The highest BCUT2D eigenvalue weighted by atomic mass is 32.1. The molecule has 0 bridgehead atoms. The molecule has 0 saturated carbocycles. The molecule has 0 aliphatic heterocycles. The molecule has 2 aromatic heterocycles. The maximum Gasteiger partial charge on any atom is 0.115 e. The highest BCUT2D eigenvalue weighted by molar-refractivity contribution is 7.11. The summed E-state index contributed by atoms with van der Waals surface area (Å²) in [5.41, 5.74) is 9.50. The average Bonchev–Trinajstić information content (AvgIpc) is 2.82. The Kier molecular flexibility index (Phi) is 3.31. The molecule has 0 aliphatic rings. The van der Waals surface area contributed by atoms with Crippen molar-refractivity contribution in [3.8, 4) is 0 Å². The highest BCUT2D eigenvalue weighted by Gasteiger charge is 2.19. The van der Waals surface area contributed by atoms with E-state index < -0.39 is 0 Å². The van der Waals surface area contributed by atoms with Crippen LogP contribution in [0.4, 0.5) is 0 Å². The van der Waals surface area contributed by atoms with Crippen LogP contribution in [-0.2, 0) is 13.5 Å². The second kappa shape index (κ2) is 4.58. The van der Waals surface area contributed by atoms with E-state index in [4.69, 9.17) is 5.73 Å². The van der Waals surface area contributed by atoms with Crippen LogP contribution in [0, 0.1) is 13.8 Å². The Balaban J connectivity index is 2.39. The standard InChI is InChI=1S/C12H18N4S/c1-5-10-9(6-16(4)15-10)11(13)12-14-7(2)8(3)17-12/h6,11H,5,13H2,1-4H3. The van der Waals surface area contributed by atoms with E-state index in [-0.39, 0.29) is 6.04 Å². The van der Waals surface area contributed by atoms with Crippen molar-refractivity contribution in [3.63, 3.8) is 0 Å². The van der Waals surface area contributed by atoms with Crippen LogP contribution in [0.15, 0.2) is 6.20 Å². The van der Waals surface area contributed by atoms with Crippen LogP contribution in [-0.4, -0.2) is 14.8 Å². The summed E-state index contributed by atoms with van der Waals surface area (Å²) in [7, 11) is 1.92. The van der Waals surface area contributed by atoms with Gasteiger partial charge in [0, 0.05) is 23.7 Å². The molecule has 92 valence electrons. The summed E-state index contributed by atoms with van der Waals surface area (Å²) >= 11 is 1.67. The normalized spacial score (nSPS) is 13.0. The number of rotatable bonds is 3. The second-order valence-electron chi connectivity index (χ2n) is 4.23. The van der Waals surface area contributed by atoms with E-state index in [1.54, 1.807) is 11.3 Å². The number of aryl methyl sites for hydroxylation is 4. The van der Waals surface area contributed by atoms with E-state index in [2.05, 4.69) is 23.9 Å². The van der Waals surface area contributed by atoms with Gasteiger partial charge in [-0.3, -0.25) is 4.68 Å². The lowest BCUT2D eigenvalue weighted by Crippen LogP contribution is -2.12. The fourth-order valence-corrected chi connectivity index (χ4v) is 2.79. The Hall–Kier alpha value is -1.20.